The maximum atomic E-state index is 4.34. The minimum atomic E-state index is 1.06. The molecular formula is C9H10BrN2P. The topological polar surface area (TPSA) is 17.8 Å². The number of hydrogen-bond acceptors (Lipinski definition) is 1. The second-order valence-corrected chi connectivity index (χ2v) is 4.40. The van der Waals surface area contributed by atoms with Crippen molar-refractivity contribution in [3.8, 4) is 0 Å². The first-order valence-electron chi connectivity index (χ1n) is 4.01. The van der Waals surface area contributed by atoms with Crippen LogP contribution in [0.5, 0.6) is 0 Å². The van der Waals surface area contributed by atoms with E-state index in [0.29, 0.717) is 0 Å². The van der Waals surface area contributed by atoms with Crippen molar-refractivity contribution in [2.24, 2.45) is 0 Å². The third-order valence-corrected chi connectivity index (χ3v) is 3.56. The Hall–Kier alpha value is -0.400. The van der Waals surface area contributed by atoms with E-state index < -0.39 is 0 Å². The fourth-order valence-electron chi connectivity index (χ4n) is 1.45. The van der Waals surface area contributed by atoms with Crippen LogP contribution >= 0.6 is 25.3 Å². The predicted molar refractivity (Wildman–Crippen MR) is 62.0 cm³/mol. The molecule has 0 bridgehead atoms. The summed E-state index contributed by atoms with van der Waals surface area (Å²) >= 11 is 3.57. The first-order chi connectivity index (χ1) is 6.11. The lowest BCUT2D eigenvalue weighted by atomic mass is 10.1. The van der Waals surface area contributed by atoms with Crippen molar-refractivity contribution in [2.75, 3.05) is 0 Å². The number of aryl methyl sites for hydroxylation is 2. The van der Waals surface area contributed by atoms with E-state index in [1.807, 2.05) is 11.4 Å². The Bertz CT molecular complexity index is 476. The number of rotatable bonds is 0. The van der Waals surface area contributed by atoms with Crippen LogP contribution in [-0.4, -0.2) is 9.55 Å². The number of hydrogen-bond donors (Lipinski definition) is 0. The van der Waals surface area contributed by atoms with Gasteiger partial charge < -0.3 is 0 Å². The van der Waals surface area contributed by atoms with E-state index in [1.54, 1.807) is 0 Å². The van der Waals surface area contributed by atoms with E-state index in [9.17, 15) is 0 Å². The van der Waals surface area contributed by atoms with Crippen molar-refractivity contribution in [2.45, 2.75) is 13.8 Å². The molecule has 1 atom stereocenters. The summed E-state index contributed by atoms with van der Waals surface area (Å²) in [5, 5.41) is 5.54. The monoisotopic (exact) mass is 256 g/mol. The molecule has 13 heavy (non-hydrogen) atoms. The highest BCUT2D eigenvalue weighted by Crippen LogP contribution is 2.30. The summed E-state index contributed by atoms with van der Waals surface area (Å²) in [5.74, 6) is 0. The number of aromatic nitrogens is 2. The molecule has 2 nitrogen and oxygen atoms in total. The molecule has 1 unspecified atom stereocenters. The van der Waals surface area contributed by atoms with E-state index >= 15 is 0 Å². The van der Waals surface area contributed by atoms with Crippen LogP contribution in [0, 0.1) is 13.8 Å². The summed E-state index contributed by atoms with van der Waals surface area (Å²) < 4.78 is 2.96. The summed E-state index contributed by atoms with van der Waals surface area (Å²) in [6.07, 6.45) is 0. The Morgan fingerprint density at radius 2 is 2.08 bits per heavy atom. The van der Waals surface area contributed by atoms with Crippen LogP contribution < -0.4 is 0 Å². The van der Waals surface area contributed by atoms with E-state index in [1.165, 1.54) is 10.9 Å². The average Bonchev–Trinajstić information content (AvgIpc) is 2.35. The van der Waals surface area contributed by atoms with Gasteiger partial charge >= 0.3 is 0 Å². The summed E-state index contributed by atoms with van der Waals surface area (Å²) in [4.78, 5) is 0. The maximum Gasteiger partial charge on any atom is 0.0864 e. The highest BCUT2D eigenvalue weighted by atomic mass is 79.9. The molecule has 0 aliphatic rings. The van der Waals surface area contributed by atoms with Gasteiger partial charge in [0.2, 0.25) is 0 Å². The molecule has 0 aliphatic heterocycles. The van der Waals surface area contributed by atoms with E-state index in [4.69, 9.17) is 0 Å². The van der Waals surface area contributed by atoms with Gasteiger partial charge in [0.15, 0.2) is 0 Å². The number of nitrogens with zero attached hydrogens (tertiary/aromatic N) is 2. The summed E-state index contributed by atoms with van der Waals surface area (Å²) in [6, 6.07) is 4.21. The lowest BCUT2D eigenvalue weighted by molar-refractivity contribution is 1.00. The van der Waals surface area contributed by atoms with Gasteiger partial charge in [0.25, 0.3) is 0 Å². The standard InChI is InChI=1S/C9H10BrN2P/c1-5-3-4-7-6(2)11-12(13)9(7)8(5)10/h3-4H,13H2,1-2H3. The van der Waals surface area contributed by atoms with Crippen LogP contribution in [-0.2, 0) is 0 Å². The third kappa shape index (κ3) is 1.31. The van der Waals surface area contributed by atoms with Gasteiger partial charge in [0.05, 0.1) is 11.2 Å². The molecule has 2 rings (SSSR count). The lowest BCUT2D eigenvalue weighted by Crippen LogP contribution is -1.83. The Morgan fingerprint density at radius 1 is 1.38 bits per heavy atom. The van der Waals surface area contributed by atoms with Crippen LogP contribution in [0.1, 0.15) is 11.3 Å². The van der Waals surface area contributed by atoms with Crippen molar-refractivity contribution in [3.05, 3.63) is 27.9 Å². The van der Waals surface area contributed by atoms with E-state index in [2.05, 4.69) is 49.5 Å². The first kappa shape index (κ1) is 9.17. The normalized spacial score (nSPS) is 11.1. The van der Waals surface area contributed by atoms with Gasteiger partial charge in [-0.3, -0.25) is 0 Å². The molecule has 0 amide bonds. The van der Waals surface area contributed by atoms with Crippen LogP contribution in [0.4, 0.5) is 0 Å². The quantitative estimate of drug-likeness (QED) is 0.663. The zero-order valence-corrected chi connectivity index (χ0v) is 10.2. The molecule has 68 valence electrons. The first-order valence-corrected chi connectivity index (χ1v) is 5.31. The van der Waals surface area contributed by atoms with Crippen molar-refractivity contribution in [1.29, 1.82) is 0 Å². The molecule has 0 N–H and O–H groups in total. The number of fused-ring (bicyclic) bond motifs is 1. The van der Waals surface area contributed by atoms with Crippen LogP contribution in [0.15, 0.2) is 16.6 Å². The van der Waals surface area contributed by atoms with Crippen LogP contribution in [0.3, 0.4) is 0 Å². The molecule has 1 aromatic carbocycles. The highest BCUT2D eigenvalue weighted by Gasteiger charge is 2.09. The van der Waals surface area contributed by atoms with Crippen molar-refractivity contribution in [3.63, 3.8) is 0 Å². The Balaban J connectivity index is 2.98. The molecule has 4 heteroatoms. The lowest BCUT2D eigenvalue weighted by Gasteiger charge is -2.00. The minimum absolute atomic E-state index is 1.06. The SMILES string of the molecule is Cc1ccc2c(C)nn(P)c2c1Br. The van der Waals surface area contributed by atoms with Gasteiger partial charge in [0.1, 0.15) is 0 Å². The average molecular weight is 257 g/mol. The fraction of sp³-hybridized carbons (Fsp3) is 0.222. The second kappa shape index (κ2) is 3.07. The Morgan fingerprint density at radius 3 is 2.77 bits per heavy atom. The molecule has 0 saturated carbocycles. The Labute approximate surface area is 87.7 Å². The maximum absolute atomic E-state index is 4.34. The van der Waals surface area contributed by atoms with Crippen molar-refractivity contribution < 1.29 is 0 Å². The van der Waals surface area contributed by atoms with Crippen LogP contribution in [0.2, 0.25) is 0 Å². The molecule has 0 radical (unpaired) electrons. The highest BCUT2D eigenvalue weighted by molar-refractivity contribution is 9.10. The molecule has 0 fully saturated rings. The van der Waals surface area contributed by atoms with E-state index in [-0.39, 0.29) is 0 Å². The van der Waals surface area contributed by atoms with Gasteiger partial charge in [-0.25, -0.2) is 4.45 Å². The van der Waals surface area contributed by atoms with Gasteiger partial charge in [0, 0.05) is 9.86 Å². The van der Waals surface area contributed by atoms with Crippen molar-refractivity contribution in [1.82, 2.24) is 9.55 Å². The molecule has 0 spiro atoms. The second-order valence-electron chi connectivity index (χ2n) is 3.12. The number of halogens is 1. The molecular weight excluding hydrogens is 247 g/mol. The predicted octanol–water partition coefficient (Wildman–Crippen LogP) is 3.05. The number of benzene rings is 1. The van der Waals surface area contributed by atoms with Crippen LogP contribution in [0.25, 0.3) is 10.9 Å². The molecule has 2 aromatic rings. The largest absolute Gasteiger partial charge is 0.249 e. The van der Waals surface area contributed by atoms with Gasteiger partial charge in [-0.15, -0.1) is 0 Å². The fourth-order valence-corrected chi connectivity index (χ4v) is 2.60. The van der Waals surface area contributed by atoms with Gasteiger partial charge in [-0.05, 0) is 44.7 Å². The minimum Gasteiger partial charge on any atom is -0.249 e. The Kier molecular flexibility index (Phi) is 2.17. The summed E-state index contributed by atoms with van der Waals surface area (Å²) in [7, 11) is 2.60. The zero-order valence-electron chi connectivity index (χ0n) is 7.50. The molecule has 0 aliphatic carbocycles. The summed E-state index contributed by atoms with van der Waals surface area (Å²) in [6.45, 7) is 4.10. The summed E-state index contributed by atoms with van der Waals surface area (Å²) in [5.41, 5.74) is 3.43. The van der Waals surface area contributed by atoms with Gasteiger partial charge in [-0.2, -0.15) is 5.10 Å². The van der Waals surface area contributed by atoms with Gasteiger partial charge in [-0.1, -0.05) is 12.1 Å². The van der Waals surface area contributed by atoms with E-state index in [0.717, 1.165) is 15.7 Å². The third-order valence-electron chi connectivity index (χ3n) is 2.19. The molecule has 1 aromatic heterocycles. The smallest absolute Gasteiger partial charge is 0.0864 e. The molecule has 0 saturated heterocycles. The van der Waals surface area contributed by atoms with Crippen molar-refractivity contribution >= 4 is 36.2 Å². The molecule has 1 heterocycles. The zero-order chi connectivity index (χ0) is 9.59.